The van der Waals surface area contributed by atoms with Crippen LogP contribution in [0.5, 0.6) is 0 Å². The molecule has 1 nitrogen and oxygen atoms in total. The molecule has 1 aromatic heterocycles. The quantitative estimate of drug-likeness (QED) is 0.521. The SMILES string of the molecule is [2H]C([2H])([2H])c1cc(C)cc(-c2ccc3c(C4CCCCC4)cccc3n2)c1. The van der Waals surface area contributed by atoms with Gasteiger partial charge < -0.3 is 0 Å². The first-order valence-corrected chi connectivity index (χ1v) is 8.94. The molecular weight excluding hydrogens is 290 g/mol. The van der Waals surface area contributed by atoms with Crippen molar-refractivity contribution in [1.82, 2.24) is 4.98 Å². The molecule has 122 valence electrons. The van der Waals surface area contributed by atoms with Crippen molar-refractivity contribution in [2.24, 2.45) is 0 Å². The minimum Gasteiger partial charge on any atom is -0.248 e. The van der Waals surface area contributed by atoms with Gasteiger partial charge in [0.1, 0.15) is 0 Å². The molecule has 1 heteroatoms. The van der Waals surface area contributed by atoms with E-state index in [1.807, 2.05) is 19.1 Å². The van der Waals surface area contributed by atoms with Crippen LogP contribution in [0.15, 0.2) is 48.5 Å². The number of nitrogens with zero attached hydrogens (tertiary/aromatic N) is 1. The fourth-order valence-corrected chi connectivity index (χ4v) is 4.04. The first-order valence-electron chi connectivity index (χ1n) is 10.4. The Morgan fingerprint density at radius 3 is 2.62 bits per heavy atom. The molecule has 1 fully saturated rings. The van der Waals surface area contributed by atoms with Crippen LogP contribution in [0.1, 0.15) is 58.8 Å². The lowest BCUT2D eigenvalue weighted by Crippen LogP contribution is -2.05. The summed E-state index contributed by atoms with van der Waals surface area (Å²) in [6, 6.07) is 16.1. The molecule has 2 aromatic carbocycles. The Labute approximate surface area is 149 Å². The van der Waals surface area contributed by atoms with Crippen LogP contribution in [0, 0.1) is 13.8 Å². The van der Waals surface area contributed by atoms with Crippen molar-refractivity contribution in [3.05, 3.63) is 65.2 Å². The molecule has 0 aliphatic heterocycles. The summed E-state index contributed by atoms with van der Waals surface area (Å²) in [6.45, 7) is -0.174. The van der Waals surface area contributed by atoms with E-state index in [1.54, 1.807) is 12.1 Å². The van der Waals surface area contributed by atoms with E-state index in [1.165, 1.54) is 43.1 Å². The van der Waals surface area contributed by atoms with Crippen molar-refractivity contribution in [3.63, 3.8) is 0 Å². The number of rotatable bonds is 2. The Hall–Kier alpha value is -2.15. The van der Waals surface area contributed by atoms with Gasteiger partial charge in [-0.3, -0.25) is 0 Å². The molecule has 0 unspecified atom stereocenters. The van der Waals surface area contributed by atoms with Crippen molar-refractivity contribution < 1.29 is 4.11 Å². The molecule has 0 spiro atoms. The van der Waals surface area contributed by atoms with E-state index in [0.717, 1.165) is 22.3 Å². The molecule has 0 bridgehead atoms. The lowest BCUT2D eigenvalue weighted by molar-refractivity contribution is 0.445. The number of benzene rings is 2. The molecule has 0 N–H and O–H groups in total. The summed E-state index contributed by atoms with van der Waals surface area (Å²) in [6.07, 6.45) is 6.51. The second-order valence-corrected chi connectivity index (χ2v) is 7.03. The largest absolute Gasteiger partial charge is 0.248 e. The standard InChI is InChI=1S/C23H25N/c1-16-13-17(2)15-19(14-16)22-12-11-21-20(9-6-10-23(21)24-22)18-7-4-3-5-8-18/h6,9-15,18H,3-5,7-8H2,1-2H3/i1D3. The maximum Gasteiger partial charge on any atom is 0.0712 e. The predicted molar refractivity (Wildman–Crippen MR) is 102 cm³/mol. The van der Waals surface area contributed by atoms with E-state index >= 15 is 0 Å². The lowest BCUT2D eigenvalue weighted by atomic mass is 9.82. The monoisotopic (exact) mass is 318 g/mol. The smallest absolute Gasteiger partial charge is 0.0712 e. The Bertz CT molecular complexity index is 969. The van der Waals surface area contributed by atoms with Gasteiger partial charge in [0.05, 0.1) is 11.2 Å². The second kappa shape index (κ2) is 6.39. The van der Waals surface area contributed by atoms with E-state index in [-0.39, 0.29) is 0 Å². The number of pyridine rings is 1. The molecule has 3 aromatic rings. The van der Waals surface area contributed by atoms with E-state index < -0.39 is 6.85 Å². The van der Waals surface area contributed by atoms with Gasteiger partial charge in [0.15, 0.2) is 0 Å². The van der Waals surface area contributed by atoms with Crippen LogP contribution in [0.4, 0.5) is 0 Å². The van der Waals surface area contributed by atoms with Gasteiger partial charge in [0, 0.05) is 15.1 Å². The summed E-state index contributed by atoms with van der Waals surface area (Å²) in [5, 5.41) is 1.23. The summed E-state index contributed by atoms with van der Waals surface area (Å²) in [5.74, 6) is 0.635. The third-order valence-electron chi connectivity index (χ3n) is 5.18. The highest BCUT2D eigenvalue weighted by molar-refractivity contribution is 5.85. The van der Waals surface area contributed by atoms with E-state index in [2.05, 4.69) is 24.3 Å². The maximum atomic E-state index is 7.71. The summed E-state index contributed by atoms with van der Waals surface area (Å²) in [7, 11) is 0. The minimum absolute atomic E-state index is 0.371. The topological polar surface area (TPSA) is 12.9 Å². The first kappa shape index (κ1) is 12.2. The third-order valence-corrected chi connectivity index (χ3v) is 5.18. The molecule has 0 amide bonds. The first-order chi connectivity index (χ1) is 12.9. The van der Waals surface area contributed by atoms with Crippen LogP contribution in [0.3, 0.4) is 0 Å². The normalized spacial score (nSPS) is 18.1. The fraction of sp³-hybridized carbons (Fsp3) is 0.348. The Balaban J connectivity index is 1.78. The van der Waals surface area contributed by atoms with Crippen molar-refractivity contribution >= 4 is 10.9 Å². The number of fused-ring (bicyclic) bond motifs is 1. The second-order valence-electron chi connectivity index (χ2n) is 7.03. The van der Waals surface area contributed by atoms with Gasteiger partial charge in [0.2, 0.25) is 0 Å². The fourth-order valence-electron chi connectivity index (χ4n) is 4.04. The van der Waals surface area contributed by atoms with E-state index in [9.17, 15) is 0 Å². The summed E-state index contributed by atoms with van der Waals surface area (Å²) in [5.41, 5.74) is 5.42. The zero-order valence-electron chi connectivity index (χ0n) is 17.2. The average Bonchev–Trinajstić information content (AvgIpc) is 2.66. The van der Waals surface area contributed by atoms with Gasteiger partial charge in [-0.15, -0.1) is 0 Å². The van der Waals surface area contributed by atoms with Crippen LogP contribution in [0.2, 0.25) is 0 Å². The molecule has 1 aliphatic carbocycles. The van der Waals surface area contributed by atoms with Crippen molar-refractivity contribution in [2.75, 3.05) is 0 Å². The predicted octanol–water partition coefficient (Wildman–Crippen LogP) is 6.57. The van der Waals surface area contributed by atoms with Gasteiger partial charge in [-0.05, 0) is 62.4 Å². The molecule has 0 atom stereocenters. The molecule has 4 rings (SSSR count). The number of aromatic nitrogens is 1. The van der Waals surface area contributed by atoms with Gasteiger partial charge in [0.25, 0.3) is 0 Å². The third kappa shape index (κ3) is 2.96. The van der Waals surface area contributed by atoms with E-state index in [0.29, 0.717) is 11.5 Å². The lowest BCUT2D eigenvalue weighted by Gasteiger charge is -2.23. The molecule has 0 radical (unpaired) electrons. The Kier molecular flexibility index (Phi) is 3.26. The van der Waals surface area contributed by atoms with Crippen molar-refractivity contribution in [3.8, 4) is 11.3 Å². The minimum atomic E-state index is -2.11. The summed E-state index contributed by atoms with van der Waals surface area (Å²) >= 11 is 0. The molecule has 1 aliphatic rings. The van der Waals surface area contributed by atoms with Gasteiger partial charge in [-0.1, -0.05) is 54.7 Å². The molecule has 1 heterocycles. The van der Waals surface area contributed by atoms with Gasteiger partial charge >= 0.3 is 0 Å². The summed E-state index contributed by atoms with van der Waals surface area (Å²) in [4.78, 5) is 4.88. The van der Waals surface area contributed by atoms with Gasteiger partial charge in [-0.25, -0.2) is 4.98 Å². The highest BCUT2D eigenvalue weighted by Gasteiger charge is 2.18. The highest BCUT2D eigenvalue weighted by Crippen LogP contribution is 2.36. The van der Waals surface area contributed by atoms with Crippen LogP contribution in [0.25, 0.3) is 22.2 Å². The van der Waals surface area contributed by atoms with Crippen LogP contribution in [-0.4, -0.2) is 4.98 Å². The van der Waals surface area contributed by atoms with Gasteiger partial charge in [-0.2, -0.15) is 0 Å². The highest BCUT2D eigenvalue weighted by atomic mass is 14.7. The summed E-state index contributed by atoms with van der Waals surface area (Å²) < 4.78 is 23.1. The number of hydrogen-bond acceptors (Lipinski definition) is 1. The zero-order chi connectivity index (χ0) is 19.0. The number of aryl methyl sites for hydroxylation is 2. The van der Waals surface area contributed by atoms with Crippen LogP contribution >= 0.6 is 0 Å². The van der Waals surface area contributed by atoms with Crippen LogP contribution in [-0.2, 0) is 0 Å². The average molecular weight is 318 g/mol. The number of hydrogen-bond donors (Lipinski definition) is 0. The van der Waals surface area contributed by atoms with E-state index in [4.69, 9.17) is 9.10 Å². The Morgan fingerprint density at radius 1 is 0.958 bits per heavy atom. The van der Waals surface area contributed by atoms with Crippen molar-refractivity contribution in [1.29, 1.82) is 0 Å². The maximum absolute atomic E-state index is 7.71. The van der Waals surface area contributed by atoms with Crippen LogP contribution < -0.4 is 0 Å². The molecular formula is C23H25N. The Morgan fingerprint density at radius 2 is 1.79 bits per heavy atom. The van der Waals surface area contributed by atoms with Crippen molar-refractivity contribution in [2.45, 2.75) is 51.8 Å². The molecule has 0 saturated heterocycles. The molecule has 24 heavy (non-hydrogen) atoms. The zero-order valence-corrected chi connectivity index (χ0v) is 14.2. The molecule has 1 saturated carbocycles.